The van der Waals surface area contributed by atoms with Gasteiger partial charge >= 0.3 is 126 Å². The molecule has 0 aliphatic carbocycles. The number of ketones is 1. The summed E-state index contributed by atoms with van der Waals surface area (Å²) >= 11 is 0. The number of aryl methyl sites for hydroxylation is 4. The Balaban J connectivity index is -0.000000201. The molecule has 2 aromatic rings. The number of carbonyl (C=O) groups is 1. The van der Waals surface area contributed by atoms with Crippen molar-refractivity contribution in [1.29, 1.82) is 0 Å². The van der Waals surface area contributed by atoms with Crippen molar-refractivity contribution in [3.63, 3.8) is 0 Å². The molecular weight excluding hydrogens is 1060 g/mol. The first-order chi connectivity index (χ1) is 31.8. The number of halogens is 9. The second-order valence-corrected chi connectivity index (χ2v) is 20.3. The fraction of sp³-hybridized carbons (Fsp3) is 0.851. The summed E-state index contributed by atoms with van der Waals surface area (Å²) in [4.78, 5) is 9.44. The third-order valence-electron chi connectivity index (χ3n) is 10.4. The molecule has 0 aliphatic rings. The van der Waals surface area contributed by atoms with Gasteiger partial charge in [-0.05, 0) is 39.5 Å². The molecule has 2 aromatic heterocycles. The van der Waals surface area contributed by atoms with Crippen LogP contribution in [-0.2, 0) is 52.2 Å². The summed E-state index contributed by atoms with van der Waals surface area (Å²) in [6.07, 6.45) is 44.1. The fourth-order valence-corrected chi connectivity index (χ4v) is 6.90. The maximum atomic E-state index is 11.4. The molecule has 0 unspecified atom stereocenters. The third kappa shape index (κ3) is 51.4. The number of carbonyl (C=O) groups excluding carboxylic acids is 1. The third-order valence-corrected chi connectivity index (χ3v) is 12.1. The Labute approximate surface area is 514 Å². The zero-order valence-electron chi connectivity index (χ0n) is 44.2. The Morgan fingerprint density at radius 3 is 0.789 bits per heavy atom. The summed E-state index contributed by atoms with van der Waals surface area (Å²) in [5.41, 5.74) is 0. The minimum Gasteiger partial charge on any atom is -1.00 e. The zero-order chi connectivity index (χ0) is 52.5. The van der Waals surface area contributed by atoms with Crippen molar-refractivity contribution in [2.75, 3.05) is 0 Å². The second-order valence-electron chi connectivity index (χ2n) is 17.4. The minimum atomic E-state index is -6.23. The van der Waals surface area contributed by atoms with Crippen LogP contribution in [0, 0.1) is 0 Å². The molecule has 0 atom stereocenters. The van der Waals surface area contributed by atoms with Gasteiger partial charge in [-0.1, -0.05) is 168 Å². The number of hydrogen-bond acceptors (Lipinski definition) is 7. The number of rotatable bonds is 34. The molecular formula is C47H86ClF8K2N4O7S2+. The van der Waals surface area contributed by atoms with Gasteiger partial charge in [0, 0.05) is 0 Å². The summed E-state index contributed by atoms with van der Waals surface area (Å²) < 4.78 is 154. The van der Waals surface area contributed by atoms with E-state index in [0.29, 0.717) is 0 Å². The summed E-state index contributed by atoms with van der Waals surface area (Å²) in [5.74, 6) is 0.167. The van der Waals surface area contributed by atoms with Gasteiger partial charge in [-0.15, -0.1) is 0 Å². The van der Waals surface area contributed by atoms with E-state index in [2.05, 4.69) is 83.7 Å². The number of unbranched alkanes of at least 4 members (excludes halogenated alkanes) is 26. The zero-order valence-corrected chi connectivity index (χ0v) is 52.8. The first-order valence-corrected chi connectivity index (χ1v) is 27.3. The van der Waals surface area contributed by atoms with Crippen molar-refractivity contribution >= 4 is 26.0 Å². The Kier molecular flexibility index (Phi) is 60.6. The summed E-state index contributed by atoms with van der Waals surface area (Å²) in [6, 6.07) is 0. The van der Waals surface area contributed by atoms with Crippen molar-refractivity contribution < 1.29 is 190 Å². The molecule has 0 N–H and O–H groups in total. The Morgan fingerprint density at radius 1 is 0.479 bits per heavy atom. The molecule has 2 heterocycles. The summed E-state index contributed by atoms with van der Waals surface area (Å²) in [7, 11) is -8.30. The minimum absolute atomic E-state index is 0. The SMILES string of the molecule is CC(C)=O.CCCCCCCCCCCCCCCCn1cc[n+](C)c1.CCCCCCCCCCCCCCCCn1cc[n+](C)c1.O=S(=O)([O-])C(F)(F)C(F)F.O=S(=O)([O-])C(F)(F)C(F)F.[Cl-].[K+].[K+]. The summed E-state index contributed by atoms with van der Waals surface area (Å²) in [5, 5.41) is -11.0. The van der Waals surface area contributed by atoms with E-state index < -0.39 is 43.6 Å². The molecule has 0 saturated carbocycles. The van der Waals surface area contributed by atoms with Crippen molar-refractivity contribution in [2.45, 2.75) is 244 Å². The number of alkyl halides is 8. The van der Waals surface area contributed by atoms with Crippen LogP contribution in [-0.4, -0.2) is 64.2 Å². The molecule has 2 rings (SSSR count). The Hall–Kier alpha value is 0.913. The molecule has 0 amide bonds. The molecule has 0 fully saturated rings. The molecule has 0 aliphatic heterocycles. The van der Waals surface area contributed by atoms with E-state index in [1.165, 1.54) is 207 Å². The van der Waals surface area contributed by atoms with Crippen LogP contribution >= 0.6 is 0 Å². The topological polar surface area (TPSA) is 149 Å². The molecule has 71 heavy (non-hydrogen) atoms. The first kappa shape index (κ1) is 83.2. The molecule has 0 saturated heterocycles. The van der Waals surface area contributed by atoms with E-state index in [9.17, 15) is 65.9 Å². The first-order valence-electron chi connectivity index (χ1n) is 24.5. The van der Waals surface area contributed by atoms with Crippen LogP contribution in [0.4, 0.5) is 35.1 Å². The predicted octanol–water partition coefficient (Wildman–Crippen LogP) is 3.97. The van der Waals surface area contributed by atoms with Gasteiger partial charge in [0.1, 0.15) is 30.6 Å². The second kappa shape index (κ2) is 51.7. The van der Waals surface area contributed by atoms with E-state index in [-0.39, 0.29) is 121 Å². The number of imidazole rings is 2. The molecule has 0 spiro atoms. The predicted molar refractivity (Wildman–Crippen MR) is 249 cm³/mol. The van der Waals surface area contributed by atoms with Crippen molar-refractivity contribution in [1.82, 2.24) is 9.13 Å². The standard InChI is InChI=1S/2C20H39N2.C3H6O.2C2H2F4O3S.ClH.2K/c2*1-3-4-5-6-7-8-9-10-11-12-13-14-15-16-17-22-19-18-21(2)20-22;1-3(2)4;2*3-1(4)2(5,6)10(7,8)9;;;/h2*18-20H,3-17H2,1-2H3;1-2H3;2*1H,(H,7,8,9);1H;;/q2*+1;;;;;2*+1/p-3. The van der Waals surface area contributed by atoms with Gasteiger partial charge in [0.25, 0.3) is 0 Å². The largest absolute Gasteiger partial charge is 1.00 e. The fourth-order valence-electron chi connectivity index (χ4n) is 6.46. The van der Waals surface area contributed by atoms with Crippen LogP contribution in [0.5, 0.6) is 0 Å². The molecule has 0 radical (unpaired) electrons. The number of Topliss-reactive ketones (excluding diaryl/α,β-unsaturated/α-hetero) is 1. The van der Waals surface area contributed by atoms with Gasteiger partial charge in [-0.25, -0.2) is 52.7 Å². The van der Waals surface area contributed by atoms with Crippen LogP contribution in [0.3, 0.4) is 0 Å². The molecule has 412 valence electrons. The van der Waals surface area contributed by atoms with Gasteiger partial charge in [-0.3, -0.25) is 0 Å². The quantitative estimate of drug-likeness (QED) is 0.0339. The van der Waals surface area contributed by atoms with E-state index in [1.807, 2.05) is 0 Å². The summed E-state index contributed by atoms with van der Waals surface area (Å²) in [6.45, 7) is 10.00. The van der Waals surface area contributed by atoms with E-state index in [4.69, 9.17) is 0 Å². The van der Waals surface area contributed by atoms with Gasteiger partial charge in [0.15, 0.2) is 20.2 Å². The van der Waals surface area contributed by atoms with Gasteiger partial charge in [0.05, 0.1) is 27.2 Å². The van der Waals surface area contributed by atoms with Crippen molar-refractivity contribution in [3.05, 3.63) is 37.4 Å². The number of aromatic nitrogens is 4. The van der Waals surface area contributed by atoms with Crippen molar-refractivity contribution in [2.24, 2.45) is 14.1 Å². The molecule has 11 nitrogen and oxygen atoms in total. The Bertz CT molecular complexity index is 1600. The monoisotopic (exact) mass is 1150 g/mol. The van der Waals surface area contributed by atoms with Gasteiger partial charge in [-0.2, -0.15) is 17.6 Å². The van der Waals surface area contributed by atoms with Crippen LogP contribution in [0.25, 0.3) is 0 Å². The van der Waals surface area contributed by atoms with Crippen LogP contribution in [0.1, 0.15) is 207 Å². The van der Waals surface area contributed by atoms with Gasteiger partial charge in [0.2, 0.25) is 12.7 Å². The average molecular weight is 1150 g/mol. The van der Waals surface area contributed by atoms with E-state index in [0.717, 1.165) is 0 Å². The molecule has 0 bridgehead atoms. The van der Waals surface area contributed by atoms with E-state index >= 15 is 0 Å². The van der Waals surface area contributed by atoms with Crippen LogP contribution in [0.2, 0.25) is 0 Å². The maximum absolute atomic E-state index is 11.4. The Morgan fingerprint density at radius 2 is 0.662 bits per heavy atom. The van der Waals surface area contributed by atoms with Crippen molar-refractivity contribution in [3.8, 4) is 0 Å². The normalized spacial score (nSPS) is 11.3. The average Bonchev–Trinajstić information content (AvgIpc) is 3.87. The van der Waals surface area contributed by atoms with Crippen LogP contribution < -0.4 is 124 Å². The number of nitrogens with zero attached hydrogens (tertiary/aromatic N) is 4. The molecule has 24 heteroatoms. The van der Waals surface area contributed by atoms with E-state index in [1.54, 1.807) is 0 Å². The molecule has 0 aromatic carbocycles. The van der Waals surface area contributed by atoms with Crippen LogP contribution in [0.15, 0.2) is 37.4 Å². The van der Waals surface area contributed by atoms with Gasteiger partial charge < -0.3 is 26.3 Å². The maximum Gasteiger partial charge on any atom is 1.00 e. The number of hydrogen-bond donors (Lipinski definition) is 0. The smallest absolute Gasteiger partial charge is 1.00 e.